The van der Waals surface area contributed by atoms with E-state index in [9.17, 15) is 0 Å². The summed E-state index contributed by atoms with van der Waals surface area (Å²) in [4.78, 5) is 0. The molecule has 0 saturated heterocycles. The molecule has 52 heavy (non-hydrogen) atoms. The molecule has 0 aromatic heterocycles. The number of hydrogen-bond acceptors (Lipinski definition) is 0. The summed E-state index contributed by atoms with van der Waals surface area (Å²) in [5.74, 6) is 0.525. The van der Waals surface area contributed by atoms with Gasteiger partial charge >= 0.3 is 0 Å². The molecule has 0 heteroatoms. The lowest BCUT2D eigenvalue weighted by molar-refractivity contribution is 0.710. The summed E-state index contributed by atoms with van der Waals surface area (Å²) in [6, 6.07) is 56.4. The average Bonchev–Trinajstić information content (AvgIpc) is 3.71. The van der Waals surface area contributed by atoms with Crippen LogP contribution in [0, 0.1) is 11.8 Å². The van der Waals surface area contributed by atoms with E-state index in [0.29, 0.717) is 0 Å². The number of benzene rings is 8. The van der Waals surface area contributed by atoms with E-state index in [4.69, 9.17) is 0 Å². The maximum Gasteiger partial charge on any atom is 0.0200 e. The molecule has 240 valence electrons. The smallest absolute Gasteiger partial charge is 0.0200 e. The third-order valence-electron chi connectivity index (χ3n) is 12.1. The highest BCUT2D eigenvalue weighted by atomic mass is 14.5. The van der Waals surface area contributed by atoms with Crippen LogP contribution in [0.5, 0.6) is 0 Å². The summed E-state index contributed by atoms with van der Waals surface area (Å²) in [7, 11) is 0. The highest BCUT2D eigenvalue weighted by molar-refractivity contribution is 6.31. The number of fused-ring (bicyclic) bond motifs is 9. The molecule has 12 rings (SSSR count). The third kappa shape index (κ3) is 3.71. The van der Waals surface area contributed by atoms with Crippen molar-refractivity contribution in [3.8, 4) is 44.5 Å². The van der Waals surface area contributed by atoms with Crippen molar-refractivity contribution in [3.63, 3.8) is 0 Å². The summed E-state index contributed by atoms with van der Waals surface area (Å²) in [5, 5.41) is 7.96. The molecular weight excluding hydrogens is 625 g/mol. The molecule has 2 unspecified atom stereocenters. The van der Waals surface area contributed by atoms with Crippen molar-refractivity contribution in [3.05, 3.63) is 199 Å². The minimum atomic E-state index is 0.260. The van der Waals surface area contributed by atoms with Crippen LogP contribution < -0.4 is 0 Å². The topological polar surface area (TPSA) is 0 Å². The Balaban J connectivity index is 1.29. The molecule has 0 saturated carbocycles. The van der Waals surface area contributed by atoms with Crippen LogP contribution >= 0.6 is 0 Å². The fourth-order valence-corrected chi connectivity index (χ4v) is 10.1. The SMILES string of the molecule is C1=CC2C=C(c3cccc4ccccc34)C=C3c4c(c(-c5ccccc5)c5c(cc6c7c(cccc75)-c5ccccc5-6)c4-c4ccccc4)C(=C1)C32. The molecule has 0 aliphatic heterocycles. The highest BCUT2D eigenvalue weighted by Gasteiger charge is 2.43. The average molecular weight is 657 g/mol. The predicted octanol–water partition coefficient (Wildman–Crippen LogP) is 13.8. The van der Waals surface area contributed by atoms with E-state index in [2.05, 4.69) is 182 Å². The van der Waals surface area contributed by atoms with Gasteiger partial charge in [0.25, 0.3) is 0 Å². The monoisotopic (exact) mass is 656 g/mol. The molecule has 8 aromatic carbocycles. The normalized spacial score (nSPS) is 17.5. The van der Waals surface area contributed by atoms with Crippen LogP contribution in [0.3, 0.4) is 0 Å². The van der Waals surface area contributed by atoms with E-state index in [1.807, 2.05) is 0 Å². The van der Waals surface area contributed by atoms with Crippen molar-refractivity contribution in [1.29, 1.82) is 0 Å². The first kappa shape index (κ1) is 28.2. The van der Waals surface area contributed by atoms with Crippen molar-refractivity contribution in [2.75, 3.05) is 0 Å². The Morgan fingerprint density at radius 3 is 1.85 bits per heavy atom. The number of allylic oxidation sites excluding steroid dienone is 8. The van der Waals surface area contributed by atoms with E-state index >= 15 is 0 Å². The summed E-state index contributed by atoms with van der Waals surface area (Å²) < 4.78 is 0. The van der Waals surface area contributed by atoms with Gasteiger partial charge in [0.2, 0.25) is 0 Å². The van der Waals surface area contributed by atoms with Crippen LogP contribution in [0.15, 0.2) is 182 Å². The molecular formula is C52H32. The first-order valence-corrected chi connectivity index (χ1v) is 18.4. The van der Waals surface area contributed by atoms with E-state index in [0.717, 1.165) is 0 Å². The number of hydrogen-bond donors (Lipinski definition) is 0. The molecule has 0 spiro atoms. The fraction of sp³-hybridized carbons (Fsp3) is 0.0385. The Bertz CT molecular complexity index is 2980. The van der Waals surface area contributed by atoms with Gasteiger partial charge in [-0.25, -0.2) is 0 Å². The van der Waals surface area contributed by atoms with Gasteiger partial charge in [-0.05, 0) is 116 Å². The largest absolute Gasteiger partial charge is 0.0766 e. The van der Waals surface area contributed by atoms with E-state index in [1.54, 1.807) is 0 Å². The Hall–Kier alpha value is -6.50. The lowest BCUT2D eigenvalue weighted by Gasteiger charge is -2.29. The van der Waals surface area contributed by atoms with Gasteiger partial charge in [0, 0.05) is 11.8 Å². The van der Waals surface area contributed by atoms with E-state index in [-0.39, 0.29) is 11.8 Å². The summed E-state index contributed by atoms with van der Waals surface area (Å²) in [6.07, 6.45) is 12.2. The lowest BCUT2D eigenvalue weighted by atomic mass is 9.74. The minimum absolute atomic E-state index is 0.260. The van der Waals surface area contributed by atoms with Crippen molar-refractivity contribution in [2.45, 2.75) is 0 Å². The maximum absolute atomic E-state index is 2.54. The van der Waals surface area contributed by atoms with Gasteiger partial charge in [-0.2, -0.15) is 0 Å². The van der Waals surface area contributed by atoms with E-state index < -0.39 is 0 Å². The van der Waals surface area contributed by atoms with Crippen molar-refractivity contribution < 1.29 is 0 Å². The summed E-state index contributed by atoms with van der Waals surface area (Å²) in [6.45, 7) is 0. The van der Waals surface area contributed by atoms with Crippen LogP contribution in [-0.4, -0.2) is 0 Å². The van der Waals surface area contributed by atoms with Gasteiger partial charge in [-0.15, -0.1) is 0 Å². The predicted molar refractivity (Wildman–Crippen MR) is 221 cm³/mol. The highest BCUT2D eigenvalue weighted by Crippen LogP contribution is 2.62. The van der Waals surface area contributed by atoms with Crippen molar-refractivity contribution >= 4 is 49.0 Å². The molecule has 2 atom stereocenters. The summed E-state index contributed by atoms with van der Waals surface area (Å²) >= 11 is 0. The second-order valence-corrected chi connectivity index (χ2v) is 14.7. The van der Waals surface area contributed by atoms with Crippen LogP contribution in [0.2, 0.25) is 0 Å². The Kier molecular flexibility index (Phi) is 5.71. The molecule has 0 bridgehead atoms. The van der Waals surface area contributed by atoms with Gasteiger partial charge < -0.3 is 0 Å². The molecule has 0 nitrogen and oxygen atoms in total. The first-order valence-electron chi connectivity index (χ1n) is 18.4. The molecule has 0 amide bonds. The van der Waals surface area contributed by atoms with Crippen LogP contribution in [0.25, 0.3) is 93.5 Å². The molecule has 0 radical (unpaired) electrons. The number of rotatable bonds is 3. The first-order chi connectivity index (χ1) is 25.8. The second-order valence-electron chi connectivity index (χ2n) is 14.7. The van der Waals surface area contributed by atoms with Gasteiger partial charge in [0.05, 0.1) is 0 Å². The van der Waals surface area contributed by atoms with E-state index in [1.165, 1.54) is 110 Å². The van der Waals surface area contributed by atoms with Crippen LogP contribution in [-0.2, 0) is 0 Å². The van der Waals surface area contributed by atoms with Crippen LogP contribution in [0.4, 0.5) is 0 Å². The Labute approximate surface area is 303 Å². The fourth-order valence-electron chi connectivity index (χ4n) is 10.1. The molecule has 0 fully saturated rings. The second kappa shape index (κ2) is 10.5. The van der Waals surface area contributed by atoms with Crippen LogP contribution in [0.1, 0.15) is 16.7 Å². The zero-order chi connectivity index (χ0) is 33.9. The minimum Gasteiger partial charge on any atom is -0.0766 e. The molecule has 8 aromatic rings. The third-order valence-corrected chi connectivity index (χ3v) is 12.1. The quantitative estimate of drug-likeness (QED) is 0.166. The van der Waals surface area contributed by atoms with Gasteiger partial charge in [-0.1, -0.05) is 176 Å². The Morgan fingerprint density at radius 1 is 0.404 bits per heavy atom. The van der Waals surface area contributed by atoms with Gasteiger partial charge in [0.15, 0.2) is 0 Å². The van der Waals surface area contributed by atoms with Crippen molar-refractivity contribution in [2.24, 2.45) is 11.8 Å². The maximum atomic E-state index is 2.54. The zero-order valence-corrected chi connectivity index (χ0v) is 28.5. The lowest BCUT2D eigenvalue weighted by Crippen LogP contribution is -2.15. The zero-order valence-electron chi connectivity index (χ0n) is 28.5. The molecule has 4 aliphatic carbocycles. The Morgan fingerprint density at radius 2 is 1.02 bits per heavy atom. The standard InChI is InChI=1S/C52H32/c1-3-15-32(16-4-1)47-45-30-43-39-23-10-9-22-38(39)40-25-13-27-42(49(40)43)50(45)48(33-17-5-2-6-18-33)51-41-26-12-20-34-28-35(29-44(46(34)41)52(47)51)37-24-11-19-31-14-7-8-21-36(31)37/h1-30,34,46H. The molecule has 0 heterocycles. The summed E-state index contributed by atoms with van der Waals surface area (Å²) in [5.41, 5.74) is 18.8. The molecule has 4 aliphatic rings. The van der Waals surface area contributed by atoms with Gasteiger partial charge in [0.1, 0.15) is 0 Å². The van der Waals surface area contributed by atoms with Crippen molar-refractivity contribution in [1.82, 2.24) is 0 Å². The molecule has 0 N–H and O–H groups in total. The van der Waals surface area contributed by atoms with Gasteiger partial charge in [-0.3, -0.25) is 0 Å².